The molecule has 21 heavy (non-hydrogen) atoms. The van der Waals surface area contributed by atoms with Crippen molar-refractivity contribution in [3.05, 3.63) is 63.6 Å². The maximum atomic E-state index is 12.0. The minimum absolute atomic E-state index is 0.366. The number of rotatable bonds is 1. The lowest BCUT2D eigenvalue weighted by molar-refractivity contribution is 0.199. The molecule has 0 fully saturated rings. The fraction of sp³-hybridized carbons (Fsp3) is 0.118. The first kappa shape index (κ1) is 13.9. The Hall–Kier alpha value is -2.07. The molecule has 3 nitrogen and oxygen atoms in total. The Morgan fingerprint density at radius 2 is 1.86 bits per heavy atom. The number of carbonyl (C=O) groups excluding carboxylic acids is 1. The van der Waals surface area contributed by atoms with Crippen molar-refractivity contribution in [2.75, 3.05) is 11.9 Å². The van der Waals surface area contributed by atoms with Gasteiger partial charge in [0.1, 0.15) is 5.76 Å². The van der Waals surface area contributed by atoms with Crippen LogP contribution in [0.15, 0.2) is 46.9 Å². The van der Waals surface area contributed by atoms with E-state index < -0.39 is 0 Å². The van der Waals surface area contributed by atoms with Crippen molar-refractivity contribution >= 4 is 39.5 Å². The highest BCUT2D eigenvalue weighted by Crippen LogP contribution is 2.35. The number of hydrogen-bond acceptors (Lipinski definition) is 2. The van der Waals surface area contributed by atoms with Crippen molar-refractivity contribution in [2.45, 2.75) is 6.92 Å². The molecule has 2 aromatic carbocycles. The molecule has 0 aromatic heterocycles. The number of carbonyl (C=O) groups is 1. The summed E-state index contributed by atoms with van der Waals surface area (Å²) in [5.41, 5.74) is 3.90. The number of halogens is 1. The van der Waals surface area contributed by atoms with Gasteiger partial charge in [0.05, 0.1) is 5.69 Å². The lowest BCUT2D eigenvalue weighted by Gasteiger charge is -2.27. The van der Waals surface area contributed by atoms with Crippen molar-refractivity contribution in [1.82, 2.24) is 0 Å². The van der Waals surface area contributed by atoms with Gasteiger partial charge in [0.2, 0.25) is 0 Å². The van der Waals surface area contributed by atoms with Crippen molar-refractivity contribution in [3.8, 4) is 0 Å². The molecule has 0 atom stereocenters. The fourth-order valence-electron chi connectivity index (χ4n) is 2.27. The molecule has 0 saturated carbocycles. The smallest absolute Gasteiger partial charge is 0.409 e. The van der Waals surface area contributed by atoms with Gasteiger partial charge in [-0.25, -0.2) is 4.79 Å². The Morgan fingerprint density at radius 1 is 1.14 bits per heavy atom. The second-order valence-corrected chi connectivity index (χ2v) is 5.92. The van der Waals surface area contributed by atoms with Gasteiger partial charge in [-0.15, -0.1) is 0 Å². The van der Waals surface area contributed by atoms with E-state index in [0.717, 1.165) is 26.9 Å². The number of nitrogens with zero attached hydrogens (tertiary/aromatic N) is 1. The summed E-state index contributed by atoms with van der Waals surface area (Å²) in [7, 11) is 1.72. The second kappa shape index (κ2) is 5.37. The summed E-state index contributed by atoms with van der Waals surface area (Å²) in [5.74, 6) is 0.583. The Balaban J connectivity index is 2.11. The Bertz CT molecular complexity index is 735. The third kappa shape index (κ3) is 2.72. The summed E-state index contributed by atoms with van der Waals surface area (Å²) in [6.07, 6.45) is 1.52. The monoisotopic (exact) mass is 343 g/mol. The number of hydrogen-bond donors (Lipinski definition) is 0. The largest absolute Gasteiger partial charge is 0.419 e. The minimum atomic E-state index is -0.366. The molecule has 1 heterocycles. The molecule has 2 aromatic rings. The molecule has 1 aliphatic heterocycles. The van der Waals surface area contributed by atoms with Crippen LogP contribution < -0.4 is 4.90 Å². The summed E-state index contributed by atoms with van der Waals surface area (Å²) in [6, 6.07) is 13.8. The topological polar surface area (TPSA) is 29.5 Å². The molecule has 0 bridgehead atoms. The molecule has 3 rings (SSSR count). The van der Waals surface area contributed by atoms with E-state index in [1.807, 2.05) is 55.5 Å². The van der Waals surface area contributed by atoms with Gasteiger partial charge in [0, 0.05) is 17.1 Å². The molecule has 0 aliphatic carbocycles. The van der Waals surface area contributed by atoms with Crippen LogP contribution in [-0.4, -0.2) is 13.1 Å². The van der Waals surface area contributed by atoms with E-state index in [1.54, 1.807) is 7.05 Å². The summed E-state index contributed by atoms with van der Waals surface area (Å²) in [5, 5.41) is 0. The Labute approximate surface area is 132 Å². The first-order chi connectivity index (χ1) is 10.0. The molecule has 0 N–H and O–H groups in total. The average Bonchev–Trinajstić information content (AvgIpc) is 2.47. The first-order valence-corrected chi connectivity index (χ1v) is 7.38. The SMILES string of the molecule is Cc1ccc2c(c1)/C(=C\c1ccc(Br)cc1)OC(=O)N2C. The van der Waals surface area contributed by atoms with Crippen LogP contribution in [0.1, 0.15) is 16.7 Å². The van der Waals surface area contributed by atoms with Crippen LogP contribution in [0.3, 0.4) is 0 Å². The summed E-state index contributed by atoms with van der Waals surface area (Å²) >= 11 is 3.41. The molecular formula is C17H14BrNO2. The number of anilines is 1. The Kier molecular flexibility index (Phi) is 3.55. The zero-order valence-corrected chi connectivity index (χ0v) is 13.3. The van der Waals surface area contributed by atoms with Crippen LogP contribution in [0, 0.1) is 6.92 Å². The zero-order chi connectivity index (χ0) is 15.0. The van der Waals surface area contributed by atoms with Crippen LogP contribution in [-0.2, 0) is 4.74 Å². The normalized spacial score (nSPS) is 15.9. The predicted molar refractivity (Wildman–Crippen MR) is 88.1 cm³/mol. The number of amides is 1. The first-order valence-electron chi connectivity index (χ1n) is 6.58. The molecule has 106 valence electrons. The van der Waals surface area contributed by atoms with Gasteiger partial charge < -0.3 is 4.74 Å². The fourth-order valence-corrected chi connectivity index (χ4v) is 2.54. The molecule has 0 unspecified atom stereocenters. The Morgan fingerprint density at radius 3 is 2.57 bits per heavy atom. The minimum Gasteiger partial charge on any atom is -0.409 e. The van der Waals surface area contributed by atoms with Crippen LogP contribution in [0.2, 0.25) is 0 Å². The maximum Gasteiger partial charge on any atom is 0.419 e. The standard InChI is InChI=1S/C17H14BrNO2/c1-11-3-8-15-14(9-11)16(21-17(20)19(15)2)10-12-4-6-13(18)7-5-12/h3-10H,1-2H3/b16-10+. The third-order valence-electron chi connectivity index (χ3n) is 3.42. The van der Waals surface area contributed by atoms with E-state index >= 15 is 0 Å². The van der Waals surface area contributed by atoms with Gasteiger partial charge in [-0.3, -0.25) is 4.90 Å². The number of benzene rings is 2. The van der Waals surface area contributed by atoms with Crippen LogP contribution in [0.25, 0.3) is 11.8 Å². The molecule has 0 spiro atoms. The quantitative estimate of drug-likeness (QED) is 0.741. The van der Waals surface area contributed by atoms with Crippen LogP contribution >= 0.6 is 15.9 Å². The van der Waals surface area contributed by atoms with Gasteiger partial charge in [-0.1, -0.05) is 39.7 Å². The number of fused-ring (bicyclic) bond motifs is 1. The van der Waals surface area contributed by atoms with Crippen molar-refractivity contribution in [1.29, 1.82) is 0 Å². The van der Waals surface area contributed by atoms with E-state index in [2.05, 4.69) is 15.9 Å². The van der Waals surface area contributed by atoms with Crippen molar-refractivity contribution in [2.24, 2.45) is 0 Å². The summed E-state index contributed by atoms with van der Waals surface area (Å²) in [6.45, 7) is 2.02. The van der Waals surface area contributed by atoms with Gasteiger partial charge in [-0.2, -0.15) is 0 Å². The number of aryl methyl sites for hydroxylation is 1. The summed E-state index contributed by atoms with van der Waals surface area (Å²) in [4.78, 5) is 13.5. The average molecular weight is 344 g/mol. The lowest BCUT2D eigenvalue weighted by atomic mass is 10.0. The highest BCUT2D eigenvalue weighted by atomic mass is 79.9. The van der Waals surface area contributed by atoms with E-state index in [-0.39, 0.29) is 6.09 Å². The van der Waals surface area contributed by atoms with Crippen LogP contribution in [0.5, 0.6) is 0 Å². The molecular weight excluding hydrogens is 330 g/mol. The lowest BCUT2D eigenvalue weighted by Crippen LogP contribution is -2.31. The predicted octanol–water partition coefficient (Wildman–Crippen LogP) is 4.84. The van der Waals surface area contributed by atoms with Crippen LogP contribution in [0.4, 0.5) is 10.5 Å². The molecule has 1 aliphatic rings. The maximum absolute atomic E-state index is 12.0. The van der Waals surface area contributed by atoms with E-state index in [0.29, 0.717) is 5.76 Å². The van der Waals surface area contributed by atoms with Gasteiger partial charge in [0.15, 0.2) is 0 Å². The summed E-state index contributed by atoms with van der Waals surface area (Å²) < 4.78 is 6.47. The molecule has 1 amide bonds. The van der Waals surface area contributed by atoms with Gasteiger partial charge >= 0.3 is 6.09 Å². The second-order valence-electron chi connectivity index (χ2n) is 5.01. The van der Waals surface area contributed by atoms with E-state index in [9.17, 15) is 4.79 Å². The number of cyclic esters (lactones) is 1. The van der Waals surface area contributed by atoms with E-state index in [1.165, 1.54) is 4.90 Å². The molecule has 0 saturated heterocycles. The zero-order valence-electron chi connectivity index (χ0n) is 11.8. The molecule has 4 heteroatoms. The highest BCUT2D eigenvalue weighted by Gasteiger charge is 2.26. The molecule has 0 radical (unpaired) electrons. The highest BCUT2D eigenvalue weighted by molar-refractivity contribution is 9.10. The van der Waals surface area contributed by atoms with Gasteiger partial charge in [-0.05, 0) is 42.8 Å². The van der Waals surface area contributed by atoms with Crippen molar-refractivity contribution < 1.29 is 9.53 Å². The third-order valence-corrected chi connectivity index (χ3v) is 3.95. The number of ether oxygens (including phenoxy) is 1. The van der Waals surface area contributed by atoms with Crippen molar-refractivity contribution in [3.63, 3.8) is 0 Å². The van der Waals surface area contributed by atoms with E-state index in [4.69, 9.17) is 4.74 Å². The van der Waals surface area contributed by atoms with Gasteiger partial charge in [0.25, 0.3) is 0 Å².